The molecule has 0 atom stereocenters. The number of hydrogen-bond acceptors (Lipinski definition) is 6. The molecule has 23 heavy (non-hydrogen) atoms. The van der Waals surface area contributed by atoms with Gasteiger partial charge in [0.1, 0.15) is 18.1 Å². The van der Waals surface area contributed by atoms with E-state index in [0.29, 0.717) is 36.2 Å². The molecule has 0 radical (unpaired) electrons. The van der Waals surface area contributed by atoms with Crippen molar-refractivity contribution in [1.82, 2.24) is 10.5 Å². The predicted molar refractivity (Wildman–Crippen MR) is 80.8 cm³/mol. The van der Waals surface area contributed by atoms with Gasteiger partial charge in [-0.25, -0.2) is 0 Å². The molecule has 0 unspecified atom stereocenters. The zero-order valence-electron chi connectivity index (χ0n) is 13.0. The van der Waals surface area contributed by atoms with Crippen LogP contribution >= 0.6 is 0 Å². The highest BCUT2D eigenvalue weighted by molar-refractivity contribution is 5.78. The molecule has 1 amide bonds. The molecule has 0 saturated carbocycles. The number of rotatable bonds is 6. The van der Waals surface area contributed by atoms with Crippen LogP contribution in [-0.4, -0.2) is 31.0 Å². The number of amides is 1. The fourth-order valence-electron chi connectivity index (χ4n) is 2.30. The molecular weight excluding hydrogens is 300 g/mol. The Kier molecular flexibility index (Phi) is 4.36. The Balaban J connectivity index is 1.42. The second kappa shape index (κ2) is 6.60. The Morgan fingerprint density at radius 2 is 2.13 bits per heavy atom. The lowest BCUT2D eigenvalue weighted by Gasteiger charge is -2.08. The first-order valence-corrected chi connectivity index (χ1v) is 7.34. The van der Waals surface area contributed by atoms with Crippen LogP contribution in [0.3, 0.4) is 0 Å². The highest BCUT2D eigenvalue weighted by Gasteiger charge is 2.14. The molecule has 1 aromatic heterocycles. The van der Waals surface area contributed by atoms with E-state index in [9.17, 15) is 4.79 Å². The van der Waals surface area contributed by atoms with Crippen molar-refractivity contribution in [3.63, 3.8) is 0 Å². The first-order valence-electron chi connectivity index (χ1n) is 7.34. The van der Waals surface area contributed by atoms with E-state index in [1.54, 1.807) is 25.1 Å². The van der Waals surface area contributed by atoms with Gasteiger partial charge in [0.2, 0.25) is 12.7 Å². The van der Waals surface area contributed by atoms with E-state index in [4.69, 9.17) is 18.7 Å². The predicted octanol–water partition coefficient (Wildman–Crippen LogP) is 1.76. The van der Waals surface area contributed by atoms with Gasteiger partial charge in [-0.2, -0.15) is 0 Å². The monoisotopic (exact) mass is 318 g/mol. The maximum absolute atomic E-state index is 11.9. The third-order valence-electron chi connectivity index (χ3n) is 3.56. The minimum atomic E-state index is -0.0892. The number of carbonyl (C=O) groups excluding carboxylic acids is 1. The average molecular weight is 318 g/mol. The average Bonchev–Trinajstić information content (AvgIpc) is 3.12. The summed E-state index contributed by atoms with van der Waals surface area (Å²) >= 11 is 0. The van der Waals surface area contributed by atoms with E-state index >= 15 is 0 Å². The Hall–Kier alpha value is -2.70. The smallest absolute Gasteiger partial charge is 0.231 e. The maximum Gasteiger partial charge on any atom is 0.231 e. The Labute approximate surface area is 133 Å². The van der Waals surface area contributed by atoms with Crippen molar-refractivity contribution >= 4 is 5.91 Å². The van der Waals surface area contributed by atoms with Crippen LogP contribution in [0.2, 0.25) is 0 Å². The van der Waals surface area contributed by atoms with E-state index in [1.807, 2.05) is 6.92 Å². The molecular formula is C16H18N2O5. The number of aryl methyl sites for hydroxylation is 2. The highest BCUT2D eigenvalue weighted by atomic mass is 16.7. The molecule has 0 fully saturated rings. The first-order chi connectivity index (χ1) is 11.1. The van der Waals surface area contributed by atoms with Crippen LogP contribution in [0, 0.1) is 13.8 Å². The fraction of sp³-hybridized carbons (Fsp3) is 0.375. The van der Waals surface area contributed by atoms with Gasteiger partial charge in [0.15, 0.2) is 11.5 Å². The summed E-state index contributed by atoms with van der Waals surface area (Å²) < 4.78 is 21.1. The molecule has 1 aromatic carbocycles. The topological polar surface area (TPSA) is 82.8 Å². The fourth-order valence-corrected chi connectivity index (χ4v) is 2.30. The molecule has 2 aromatic rings. The number of benzene rings is 1. The summed E-state index contributed by atoms with van der Waals surface area (Å²) in [5.41, 5.74) is 1.58. The lowest BCUT2D eigenvalue weighted by Crippen LogP contribution is -2.29. The summed E-state index contributed by atoms with van der Waals surface area (Å²) in [4.78, 5) is 11.9. The summed E-state index contributed by atoms with van der Waals surface area (Å²) in [5, 5.41) is 6.64. The third kappa shape index (κ3) is 3.56. The van der Waals surface area contributed by atoms with Crippen LogP contribution in [0.15, 0.2) is 22.7 Å². The molecule has 1 N–H and O–H groups in total. The Morgan fingerprint density at radius 1 is 1.30 bits per heavy atom. The molecule has 2 heterocycles. The second-order valence-electron chi connectivity index (χ2n) is 5.19. The van der Waals surface area contributed by atoms with Crippen molar-refractivity contribution in [2.75, 3.05) is 19.9 Å². The van der Waals surface area contributed by atoms with Crippen molar-refractivity contribution < 1.29 is 23.5 Å². The molecule has 1 aliphatic rings. The molecule has 0 aliphatic carbocycles. The van der Waals surface area contributed by atoms with E-state index in [-0.39, 0.29) is 19.1 Å². The van der Waals surface area contributed by atoms with Gasteiger partial charge in [0.25, 0.3) is 0 Å². The number of fused-ring (bicyclic) bond motifs is 1. The van der Waals surface area contributed by atoms with E-state index < -0.39 is 0 Å². The lowest BCUT2D eigenvalue weighted by molar-refractivity contribution is -0.120. The third-order valence-corrected chi connectivity index (χ3v) is 3.56. The molecule has 7 heteroatoms. The quantitative estimate of drug-likeness (QED) is 0.817. The zero-order valence-corrected chi connectivity index (χ0v) is 13.0. The van der Waals surface area contributed by atoms with Crippen molar-refractivity contribution in [2.24, 2.45) is 0 Å². The summed E-state index contributed by atoms with van der Waals surface area (Å²) in [7, 11) is 0. The van der Waals surface area contributed by atoms with Gasteiger partial charge in [-0.05, 0) is 26.0 Å². The first kappa shape index (κ1) is 15.2. The van der Waals surface area contributed by atoms with E-state index in [1.165, 1.54) is 0 Å². The zero-order chi connectivity index (χ0) is 16.2. The molecule has 1 aliphatic heterocycles. The van der Waals surface area contributed by atoms with Gasteiger partial charge in [-0.15, -0.1) is 0 Å². The lowest BCUT2D eigenvalue weighted by atomic mass is 10.1. The second-order valence-corrected chi connectivity index (χ2v) is 5.19. The molecule has 0 bridgehead atoms. The van der Waals surface area contributed by atoms with Gasteiger partial charge in [-0.3, -0.25) is 4.79 Å². The summed E-state index contributed by atoms with van der Waals surface area (Å²) in [6, 6.07) is 5.38. The van der Waals surface area contributed by atoms with Crippen molar-refractivity contribution in [2.45, 2.75) is 20.3 Å². The standard InChI is InChI=1S/C16H18N2O5/c1-10-13(11(2)23-18-10)8-16(19)17-5-6-20-12-3-4-14-15(7-12)22-9-21-14/h3-4,7H,5-6,8-9H2,1-2H3,(H,17,19). The van der Waals surface area contributed by atoms with Gasteiger partial charge in [0, 0.05) is 11.6 Å². The molecule has 3 rings (SSSR count). The number of ether oxygens (including phenoxy) is 3. The van der Waals surface area contributed by atoms with Crippen LogP contribution in [0.4, 0.5) is 0 Å². The molecule has 7 nitrogen and oxygen atoms in total. The minimum absolute atomic E-state index is 0.0892. The number of nitrogens with zero attached hydrogens (tertiary/aromatic N) is 1. The minimum Gasteiger partial charge on any atom is -0.492 e. The van der Waals surface area contributed by atoms with Crippen LogP contribution in [-0.2, 0) is 11.2 Å². The van der Waals surface area contributed by atoms with E-state index in [0.717, 1.165) is 11.3 Å². The molecule has 0 spiro atoms. The van der Waals surface area contributed by atoms with E-state index in [2.05, 4.69) is 10.5 Å². The Bertz CT molecular complexity index is 691. The number of carbonyl (C=O) groups is 1. The molecule has 0 saturated heterocycles. The van der Waals surface area contributed by atoms with Crippen LogP contribution in [0.1, 0.15) is 17.0 Å². The van der Waals surface area contributed by atoms with Crippen LogP contribution in [0.25, 0.3) is 0 Å². The summed E-state index contributed by atoms with van der Waals surface area (Å²) in [6.45, 7) is 4.63. The number of nitrogens with one attached hydrogen (secondary N) is 1. The summed E-state index contributed by atoms with van der Waals surface area (Å²) in [6.07, 6.45) is 0.255. The van der Waals surface area contributed by atoms with Crippen LogP contribution < -0.4 is 19.5 Å². The van der Waals surface area contributed by atoms with Gasteiger partial charge >= 0.3 is 0 Å². The largest absolute Gasteiger partial charge is 0.492 e. The van der Waals surface area contributed by atoms with Crippen LogP contribution in [0.5, 0.6) is 17.2 Å². The van der Waals surface area contributed by atoms with Gasteiger partial charge in [0.05, 0.1) is 18.7 Å². The SMILES string of the molecule is Cc1noc(C)c1CC(=O)NCCOc1ccc2c(c1)OCO2. The maximum atomic E-state index is 11.9. The van der Waals surface area contributed by atoms with Gasteiger partial charge < -0.3 is 24.1 Å². The number of hydrogen-bond donors (Lipinski definition) is 1. The summed E-state index contributed by atoms with van der Waals surface area (Å²) in [5.74, 6) is 2.65. The van der Waals surface area contributed by atoms with Gasteiger partial charge in [-0.1, -0.05) is 5.16 Å². The van der Waals surface area contributed by atoms with Crippen molar-refractivity contribution in [3.8, 4) is 17.2 Å². The number of aromatic nitrogens is 1. The van der Waals surface area contributed by atoms with Crippen molar-refractivity contribution in [1.29, 1.82) is 0 Å². The Morgan fingerprint density at radius 3 is 2.91 bits per heavy atom. The highest BCUT2D eigenvalue weighted by Crippen LogP contribution is 2.34. The normalized spacial score (nSPS) is 12.3. The van der Waals surface area contributed by atoms with Crippen molar-refractivity contribution in [3.05, 3.63) is 35.2 Å². The molecule has 122 valence electrons.